The summed E-state index contributed by atoms with van der Waals surface area (Å²) in [5, 5.41) is 2.70. The summed E-state index contributed by atoms with van der Waals surface area (Å²) in [6.07, 6.45) is -0.00246. The predicted molar refractivity (Wildman–Crippen MR) is 63.0 cm³/mol. The van der Waals surface area contributed by atoms with E-state index >= 15 is 0 Å². The van der Waals surface area contributed by atoms with Crippen LogP contribution in [0.25, 0.3) is 0 Å². The van der Waals surface area contributed by atoms with Crippen LogP contribution in [0, 0.1) is 11.6 Å². The summed E-state index contributed by atoms with van der Waals surface area (Å²) in [4.78, 5) is 11.6. The highest BCUT2D eigenvalue weighted by atomic mass is 35.5. The van der Waals surface area contributed by atoms with E-state index in [9.17, 15) is 13.6 Å². The van der Waals surface area contributed by atoms with Gasteiger partial charge in [-0.3, -0.25) is 4.79 Å². The van der Waals surface area contributed by atoms with Gasteiger partial charge in [-0.1, -0.05) is 6.07 Å². The zero-order valence-corrected chi connectivity index (χ0v) is 10.4. The highest BCUT2D eigenvalue weighted by molar-refractivity contribution is 6.18. The maximum Gasteiger partial charge on any atom is 0.224 e. The number of hydrogen-bond acceptors (Lipinski definition) is 1. The molecule has 94 valence electrons. The maximum atomic E-state index is 12.9. The van der Waals surface area contributed by atoms with Crippen LogP contribution in [0.5, 0.6) is 0 Å². The lowest BCUT2D eigenvalue weighted by atomic mass is 10.1. The van der Waals surface area contributed by atoms with Crippen molar-refractivity contribution in [3.05, 3.63) is 35.4 Å². The summed E-state index contributed by atoms with van der Waals surface area (Å²) in [5.74, 6) is -1.87. The Bertz CT molecular complexity index is 421. The van der Waals surface area contributed by atoms with Crippen LogP contribution < -0.4 is 5.32 Å². The topological polar surface area (TPSA) is 29.1 Å². The summed E-state index contributed by atoms with van der Waals surface area (Å²) >= 11 is 5.66. The molecule has 0 aliphatic rings. The van der Waals surface area contributed by atoms with Crippen LogP contribution in [-0.2, 0) is 11.2 Å². The van der Waals surface area contributed by atoms with Crippen molar-refractivity contribution in [3.8, 4) is 0 Å². The van der Waals surface area contributed by atoms with Crippen LogP contribution >= 0.6 is 11.6 Å². The van der Waals surface area contributed by atoms with Gasteiger partial charge in [-0.25, -0.2) is 8.78 Å². The molecule has 0 aliphatic heterocycles. The molecule has 0 bridgehead atoms. The van der Waals surface area contributed by atoms with Gasteiger partial charge in [0.2, 0.25) is 5.91 Å². The molecule has 0 atom stereocenters. The van der Waals surface area contributed by atoms with Crippen molar-refractivity contribution in [2.75, 3.05) is 5.88 Å². The predicted octanol–water partition coefficient (Wildman–Crippen LogP) is 2.64. The zero-order chi connectivity index (χ0) is 13.1. The van der Waals surface area contributed by atoms with Crippen LogP contribution in [0.15, 0.2) is 18.2 Å². The minimum Gasteiger partial charge on any atom is -0.350 e. The molecule has 1 aromatic rings. The molecule has 0 unspecified atom stereocenters. The van der Waals surface area contributed by atoms with E-state index in [2.05, 4.69) is 5.32 Å². The second kappa shape index (κ2) is 5.45. The smallest absolute Gasteiger partial charge is 0.224 e. The number of carbonyl (C=O) groups is 1. The van der Waals surface area contributed by atoms with Gasteiger partial charge >= 0.3 is 0 Å². The van der Waals surface area contributed by atoms with E-state index in [1.54, 1.807) is 13.8 Å². The van der Waals surface area contributed by atoms with E-state index in [4.69, 9.17) is 11.6 Å². The summed E-state index contributed by atoms with van der Waals surface area (Å²) in [5.41, 5.74) is -0.0937. The molecule has 1 aromatic carbocycles. The lowest BCUT2D eigenvalue weighted by molar-refractivity contribution is -0.121. The molecule has 0 aliphatic carbocycles. The van der Waals surface area contributed by atoms with Gasteiger partial charge in [-0.15, -0.1) is 11.6 Å². The van der Waals surface area contributed by atoms with Gasteiger partial charge in [0.05, 0.1) is 6.42 Å². The Morgan fingerprint density at radius 1 is 1.35 bits per heavy atom. The van der Waals surface area contributed by atoms with Crippen LogP contribution in [0.3, 0.4) is 0 Å². The first-order valence-corrected chi connectivity index (χ1v) is 5.68. The van der Waals surface area contributed by atoms with Gasteiger partial charge in [0.25, 0.3) is 0 Å². The SMILES string of the molecule is CC(C)(CCl)NC(=O)Cc1ccc(F)c(F)c1. The number of carbonyl (C=O) groups excluding carboxylic acids is 1. The van der Waals surface area contributed by atoms with Crippen molar-refractivity contribution in [3.63, 3.8) is 0 Å². The maximum absolute atomic E-state index is 12.9. The fourth-order valence-corrected chi connectivity index (χ4v) is 1.36. The van der Waals surface area contributed by atoms with Gasteiger partial charge in [-0.2, -0.15) is 0 Å². The Labute approximate surface area is 104 Å². The van der Waals surface area contributed by atoms with Crippen molar-refractivity contribution in [1.29, 1.82) is 0 Å². The average Bonchev–Trinajstić information content (AvgIpc) is 2.23. The highest BCUT2D eigenvalue weighted by Gasteiger charge is 2.19. The standard InChI is InChI=1S/C12H14ClF2NO/c1-12(2,7-13)16-11(17)6-8-3-4-9(14)10(15)5-8/h3-5H,6-7H2,1-2H3,(H,16,17). The third-order valence-electron chi connectivity index (χ3n) is 2.16. The fourth-order valence-electron chi connectivity index (χ4n) is 1.29. The fraction of sp³-hybridized carbons (Fsp3) is 0.417. The molecule has 0 aromatic heterocycles. The van der Waals surface area contributed by atoms with Crippen LogP contribution in [0.2, 0.25) is 0 Å². The molecule has 17 heavy (non-hydrogen) atoms. The molecular formula is C12H14ClF2NO. The quantitative estimate of drug-likeness (QED) is 0.830. The number of halogens is 3. The van der Waals surface area contributed by atoms with Crippen molar-refractivity contribution in [1.82, 2.24) is 5.32 Å². The van der Waals surface area contributed by atoms with Crippen LogP contribution in [0.1, 0.15) is 19.4 Å². The third kappa shape index (κ3) is 4.30. The first-order valence-electron chi connectivity index (χ1n) is 5.15. The molecule has 0 fully saturated rings. The Hall–Kier alpha value is -1.16. The molecule has 0 radical (unpaired) electrons. The van der Waals surface area contributed by atoms with Crippen molar-refractivity contribution >= 4 is 17.5 Å². The minimum absolute atomic E-state index is 0.00246. The van der Waals surface area contributed by atoms with Gasteiger partial charge in [-0.05, 0) is 31.5 Å². The number of hydrogen-bond donors (Lipinski definition) is 1. The molecule has 0 saturated heterocycles. The molecule has 0 spiro atoms. The van der Waals surface area contributed by atoms with Crippen molar-refractivity contribution < 1.29 is 13.6 Å². The number of alkyl halides is 1. The zero-order valence-electron chi connectivity index (χ0n) is 9.69. The van der Waals surface area contributed by atoms with Gasteiger partial charge in [0.1, 0.15) is 0 Å². The molecular weight excluding hydrogens is 248 g/mol. The molecule has 1 amide bonds. The van der Waals surface area contributed by atoms with Gasteiger partial charge < -0.3 is 5.32 Å². The molecule has 2 nitrogen and oxygen atoms in total. The van der Waals surface area contributed by atoms with E-state index in [0.29, 0.717) is 5.56 Å². The molecule has 1 N–H and O–H groups in total. The first kappa shape index (κ1) is 13.9. The first-order chi connectivity index (χ1) is 7.84. The lowest BCUT2D eigenvalue weighted by Gasteiger charge is -2.23. The second-order valence-electron chi connectivity index (χ2n) is 4.49. The Balaban J connectivity index is 2.65. The molecule has 1 rings (SSSR count). The van der Waals surface area contributed by atoms with E-state index < -0.39 is 17.2 Å². The van der Waals surface area contributed by atoms with Gasteiger partial charge in [0, 0.05) is 11.4 Å². The molecule has 5 heteroatoms. The van der Waals surface area contributed by atoms with Crippen LogP contribution in [0.4, 0.5) is 8.78 Å². The second-order valence-corrected chi connectivity index (χ2v) is 4.76. The largest absolute Gasteiger partial charge is 0.350 e. The van der Waals surface area contributed by atoms with Crippen LogP contribution in [-0.4, -0.2) is 17.3 Å². The summed E-state index contributed by atoms with van der Waals surface area (Å²) < 4.78 is 25.6. The normalized spacial score (nSPS) is 11.4. The lowest BCUT2D eigenvalue weighted by Crippen LogP contribution is -2.45. The monoisotopic (exact) mass is 261 g/mol. The Morgan fingerprint density at radius 2 is 2.00 bits per heavy atom. The number of nitrogens with one attached hydrogen (secondary N) is 1. The van der Waals surface area contributed by atoms with Crippen molar-refractivity contribution in [2.24, 2.45) is 0 Å². The highest BCUT2D eigenvalue weighted by Crippen LogP contribution is 2.10. The van der Waals surface area contributed by atoms with E-state index in [1.807, 2.05) is 0 Å². The summed E-state index contributed by atoms with van der Waals surface area (Å²) in [6.45, 7) is 3.56. The average molecular weight is 262 g/mol. The summed E-state index contributed by atoms with van der Waals surface area (Å²) in [6, 6.07) is 3.40. The summed E-state index contributed by atoms with van der Waals surface area (Å²) in [7, 11) is 0. The van der Waals surface area contributed by atoms with E-state index in [0.717, 1.165) is 12.1 Å². The molecule has 0 heterocycles. The number of amides is 1. The van der Waals surface area contributed by atoms with Crippen molar-refractivity contribution in [2.45, 2.75) is 25.8 Å². The van der Waals surface area contributed by atoms with Gasteiger partial charge in [0.15, 0.2) is 11.6 Å². The van der Waals surface area contributed by atoms with E-state index in [-0.39, 0.29) is 18.2 Å². The number of benzene rings is 1. The molecule has 0 saturated carbocycles. The third-order valence-corrected chi connectivity index (χ3v) is 2.83. The Morgan fingerprint density at radius 3 is 2.53 bits per heavy atom. The number of rotatable bonds is 4. The minimum atomic E-state index is -0.952. The van der Waals surface area contributed by atoms with E-state index in [1.165, 1.54) is 6.07 Å². The Kier molecular flexibility index (Phi) is 4.46.